The van der Waals surface area contributed by atoms with E-state index in [1.165, 1.54) is 13.8 Å². The van der Waals surface area contributed by atoms with E-state index in [0.717, 1.165) is 10.9 Å². The molecule has 0 saturated carbocycles. The fourth-order valence-electron chi connectivity index (χ4n) is 1.66. The molecule has 0 aliphatic heterocycles. The van der Waals surface area contributed by atoms with E-state index >= 15 is 0 Å². The van der Waals surface area contributed by atoms with Gasteiger partial charge < -0.3 is 9.47 Å². The topological polar surface area (TPSA) is 65.5 Å². The molecule has 0 N–H and O–H groups in total. The molecule has 0 radical (unpaired) electrons. The predicted molar refractivity (Wildman–Crippen MR) is 68.0 cm³/mol. The van der Waals surface area contributed by atoms with E-state index in [4.69, 9.17) is 9.47 Å². The maximum absolute atomic E-state index is 11.0. The first kappa shape index (κ1) is 13.0. The second-order valence-electron chi connectivity index (χ2n) is 3.98. The molecular formula is C14H13NO4. The first-order valence-corrected chi connectivity index (χ1v) is 5.76. The van der Waals surface area contributed by atoms with Crippen molar-refractivity contribution < 1.29 is 19.1 Å². The molecule has 1 aromatic heterocycles. The van der Waals surface area contributed by atoms with Crippen molar-refractivity contribution in [3.63, 3.8) is 0 Å². The Morgan fingerprint density at radius 2 is 1.63 bits per heavy atom. The molecule has 98 valence electrons. The number of nitrogens with zero attached hydrogens (tertiary/aromatic N) is 1. The first-order valence-electron chi connectivity index (χ1n) is 5.76. The first-order chi connectivity index (χ1) is 9.06. The number of para-hydroxylation sites is 1. The lowest BCUT2D eigenvalue weighted by Crippen LogP contribution is -2.16. The Labute approximate surface area is 110 Å². The highest BCUT2D eigenvalue weighted by atomic mass is 16.7. The molecule has 1 aromatic carbocycles. The molecule has 0 spiro atoms. The third-order valence-electron chi connectivity index (χ3n) is 2.41. The average Bonchev–Trinajstić information content (AvgIpc) is 2.36. The van der Waals surface area contributed by atoms with E-state index in [1.807, 2.05) is 30.3 Å². The maximum Gasteiger partial charge on any atom is 0.306 e. The standard InChI is InChI=1S/C14H13NO4/c1-9(16)18-14(19-10(2)17)13-8-7-11-5-3-4-6-12(11)15-13/h3-8,14H,1-2H3. The number of fused-ring (bicyclic) bond motifs is 1. The van der Waals surface area contributed by atoms with Gasteiger partial charge in [-0.25, -0.2) is 4.98 Å². The summed E-state index contributed by atoms with van der Waals surface area (Å²) in [6.45, 7) is 2.50. The van der Waals surface area contributed by atoms with Crippen LogP contribution in [0, 0.1) is 0 Å². The van der Waals surface area contributed by atoms with Crippen molar-refractivity contribution in [2.24, 2.45) is 0 Å². The zero-order chi connectivity index (χ0) is 13.8. The van der Waals surface area contributed by atoms with Crippen LogP contribution in [-0.2, 0) is 19.1 Å². The zero-order valence-corrected chi connectivity index (χ0v) is 10.6. The number of aromatic nitrogens is 1. The van der Waals surface area contributed by atoms with E-state index in [1.54, 1.807) is 6.07 Å². The molecule has 0 atom stereocenters. The molecule has 0 bridgehead atoms. The van der Waals surface area contributed by atoms with Crippen LogP contribution in [0.15, 0.2) is 36.4 Å². The van der Waals surface area contributed by atoms with Crippen molar-refractivity contribution in [1.29, 1.82) is 0 Å². The van der Waals surface area contributed by atoms with Crippen LogP contribution in [0.5, 0.6) is 0 Å². The Balaban J connectivity index is 2.37. The minimum Gasteiger partial charge on any atom is -0.419 e. The zero-order valence-electron chi connectivity index (χ0n) is 10.6. The second kappa shape index (κ2) is 5.48. The highest BCUT2D eigenvalue weighted by molar-refractivity contribution is 5.78. The van der Waals surface area contributed by atoms with Crippen LogP contribution in [0.25, 0.3) is 10.9 Å². The minimum atomic E-state index is -1.11. The van der Waals surface area contributed by atoms with Gasteiger partial charge in [-0.2, -0.15) is 0 Å². The van der Waals surface area contributed by atoms with Crippen molar-refractivity contribution in [1.82, 2.24) is 4.98 Å². The highest BCUT2D eigenvalue weighted by Gasteiger charge is 2.19. The fraction of sp³-hybridized carbons (Fsp3) is 0.214. The van der Waals surface area contributed by atoms with Gasteiger partial charge in [0, 0.05) is 19.2 Å². The van der Waals surface area contributed by atoms with Crippen LogP contribution >= 0.6 is 0 Å². The van der Waals surface area contributed by atoms with E-state index in [-0.39, 0.29) is 0 Å². The van der Waals surface area contributed by atoms with E-state index in [0.29, 0.717) is 5.69 Å². The van der Waals surface area contributed by atoms with Crippen molar-refractivity contribution in [2.45, 2.75) is 20.1 Å². The maximum atomic E-state index is 11.0. The molecule has 0 fully saturated rings. The van der Waals surface area contributed by atoms with Gasteiger partial charge in [0.25, 0.3) is 6.29 Å². The molecule has 1 heterocycles. The predicted octanol–water partition coefficient (Wildman–Crippen LogP) is 2.36. The summed E-state index contributed by atoms with van der Waals surface area (Å²) in [5, 5.41) is 0.954. The molecular weight excluding hydrogens is 246 g/mol. The SMILES string of the molecule is CC(=O)OC(OC(C)=O)c1ccc2ccccc2n1. The van der Waals surface area contributed by atoms with Gasteiger partial charge in [0.05, 0.1) is 5.52 Å². The number of carbonyl (C=O) groups excluding carboxylic acids is 2. The summed E-state index contributed by atoms with van der Waals surface area (Å²) in [6, 6.07) is 11.0. The normalized spacial score (nSPS) is 10.5. The van der Waals surface area contributed by atoms with Gasteiger partial charge in [-0.1, -0.05) is 24.3 Å². The summed E-state index contributed by atoms with van der Waals surface area (Å²) >= 11 is 0. The number of hydrogen-bond donors (Lipinski definition) is 0. The van der Waals surface area contributed by atoms with Gasteiger partial charge in [-0.05, 0) is 12.1 Å². The van der Waals surface area contributed by atoms with Gasteiger partial charge in [-0.15, -0.1) is 0 Å². The molecule has 0 aliphatic rings. The van der Waals surface area contributed by atoms with Gasteiger partial charge >= 0.3 is 11.9 Å². The third kappa shape index (κ3) is 3.28. The van der Waals surface area contributed by atoms with Crippen molar-refractivity contribution in [3.8, 4) is 0 Å². The lowest BCUT2D eigenvalue weighted by Gasteiger charge is -2.16. The lowest BCUT2D eigenvalue weighted by molar-refractivity contribution is -0.187. The number of ether oxygens (including phenoxy) is 2. The molecule has 0 unspecified atom stereocenters. The van der Waals surface area contributed by atoms with Gasteiger partial charge in [-0.3, -0.25) is 9.59 Å². The van der Waals surface area contributed by atoms with Crippen LogP contribution in [0.2, 0.25) is 0 Å². The van der Waals surface area contributed by atoms with Crippen molar-refractivity contribution >= 4 is 22.8 Å². The number of rotatable bonds is 3. The molecule has 2 rings (SSSR count). The van der Waals surface area contributed by atoms with E-state index < -0.39 is 18.2 Å². The Morgan fingerprint density at radius 3 is 2.26 bits per heavy atom. The number of pyridine rings is 1. The summed E-state index contributed by atoms with van der Waals surface area (Å²) in [4.78, 5) is 26.4. The molecule has 0 aliphatic carbocycles. The quantitative estimate of drug-likeness (QED) is 0.625. The van der Waals surface area contributed by atoms with Crippen LogP contribution in [-0.4, -0.2) is 16.9 Å². The van der Waals surface area contributed by atoms with E-state index in [2.05, 4.69) is 4.98 Å². The number of benzene rings is 1. The number of carbonyl (C=O) groups is 2. The minimum absolute atomic E-state index is 0.379. The summed E-state index contributed by atoms with van der Waals surface area (Å²) in [5.74, 6) is -1.08. The summed E-state index contributed by atoms with van der Waals surface area (Å²) in [7, 11) is 0. The molecule has 0 saturated heterocycles. The smallest absolute Gasteiger partial charge is 0.306 e. The number of hydrogen-bond acceptors (Lipinski definition) is 5. The van der Waals surface area contributed by atoms with E-state index in [9.17, 15) is 9.59 Å². The molecule has 0 amide bonds. The van der Waals surface area contributed by atoms with Crippen LogP contribution in [0.4, 0.5) is 0 Å². The molecule has 5 nitrogen and oxygen atoms in total. The monoisotopic (exact) mass is 259 g/mol. The summed E-state index contributed by atoms with van der Waals surface area (Å²) in [6.07, 6.45) is -1.11. The Morgan fingerprint density at radius 1 is 1.00 bits per heavy atom. The van der Waals surface area contributed by atoms with Crippen LogP contribution < -0.4 is 0 Å². The lowest BCUT2D eigenvalue weighted by atomic mass is 10.2. The molecule has 19 heavy (non-hydrogen) atoms. The highest BCUT2D eigenvalue weighted by Crippen LogP contribution is 2.21. The largest absolute Gasteiger partial charge is 0.419 e. The van der Waals surface area contributed by atoms with Gasteiger partial charge in [0.1, 0.15) is 5.69 Å². The van der Waals surface area contributed by atoms with Gasteiger partial charge in [0.15, 0.2) is 0 Å². The van der Waals surface area contributed by atoms with Crippen molar-refractivity contribution in [3.05, 3.63) is 42.1 Å². The Hall–Kier alpha value is -2.43. The third-order valence-corrected chi connectivity index (χ3v) is 2.41. The van der Waals surface area contributed by atoms with Crippen LogP contribution in [0.1, 0.15) is 25.8 Å². The van der Waals surface area contributed by atoms with Crippen molar-refractivity contribution in [2.75, 3.05) is 0 Å². The number of esters is 2. The molecule has 5 heteroatoms. The second-order valence-corrected chi connectivity index (χ2v) is 3.98. The average molecular weight is 259 g/mol. The van der Waals surface area contributed by atoms with Gasteiger partial charge in [0.2, 0.25) is 0 Å². The Kier molecular flexibility index (Phi) is 3.75. The molecule has 2 aromatic rings. The fourth-order valence-corrected chi connectivity index (χ4v) is 1.66. The van der Waals surface area contributed by atoms with Crippen LogP contribution in [0.3, 0.4) is 0 Å². The summed E-state index contributed by atoms with van der Waals surface area (Å²) < 4.78 is 9.90. The Bertz CT molecular complexity index is 608. The summed E-state index contributed by atoms with van der Waals surface area (Å²) in [5.41, 5.74) is 1.12.